The van der Waals surface area contributed by atoms with Crippen LogP contribution >= 0.6 is 0 Å². The number of nitrogens with zero attached hydrogens (tertiary/aromatic N) is 2. The fourth-order valence-corrected chi connectivity index (χ4v) is 2.60. The molecule has 102 valence electrons. The minimum absolute atomic E-state index is 0.793. The molecule has 4 rings (SSSR count). The van der Waals surface area contributed by atoms with Gasteiger partial charge in [0.25, 0.3) is 0 Å². The molecule has 4 nitrogen and oxygen atoms in total. The Labute approximate surface area is 121 Å². The van der Waals surface area contributed by atoms with Gasteiger partial charge in [-0.3, -0.25) is 0 Å². The van der Waals surface area contributed by atoms with E-state index in [1.54, 1.807) is 6.33 Å². The molecule has 2 aromatic carbocycles. The Morgan fingerprint density at radius 1 is 1.00 bits per heavy atom. The van der Waals surface area contributed by atoms with E-state index >= 15 is 0 Å². The zero-order valence-electron chi connectivity index (χ0n) is 11.6. The van der Waals surface area contributed by atoms with Crippen LogP contribution in [0.5, 0.6) is 0 Å². The van der Waals surface area contributed by atoms with Crippen molar-refractivity contribution >= 4 is 33.4 Å². The number of aromatic nitrogens is 3. The van der Waals surface area contributed by atoms with E-state index in [1.807, 2.05) is 30.3 Å². The number of hydrogen-bond donors (Lipinski definition) is 2. The van der Waals surface area contributed by atoms with Gasteiger partial charge in [0.1, 0.15) is 17.4 Å². The maximum atomic E-state index is 4.41. The van der Waals surface area contributed by atoms with Gasteiger partial charge in [0.05, 0.1) is 0 Å². The van der Waals surface area contributed by atoms with Crippen LogP contribution in [0, 0.1) is 6.92 Å². The summed E-state index contributed by atoms with van der Waals surface area (Å²) in [5.74, 6) is 0.793. The molecule has 2 aromatic heterocycles. The smallest absolute Gasteiger partial charge is 0.158 e. The summed E-state index contributed by atoms with van der Waals surface area (Å²) in [6.45, 7) is 2.07. The second-order valence-corrected chi connectivity index (χ2v) is 5.11. The highest BCUT2D eigenvalue weighted by Gasteiger charge is 2.10. The van der Waals surface area contributed by atoms with Crippen molar-refractivity contribution in [1.29, 1.82) is 0 Å². The second-order valence-electron chi connectivity index (χ2n) is 5.11. The quantitative estimate of drug-likeness (QED) is 0.577. The summed E-state index contributed by atoms with van der Waals surface area (Å²) in [7, 11) is 0. The van der Waals surface area contributed by atoms with Crippen molar-refractivity contribution in [2.24, 2.45) is 0 Å². The number of fused-ring (bicyclic) bond motifs is 3. The number of aromatic amines is 1. The molecule has 0 atom stereocenters. The fourth-order valence-electron chi connectivity index (χ4n) is 2.60. The van der Waals surface area contributed by atoms with E-state index in [2.05, 4.69) is 45.4 Å². The number of H-pyrrole nitrogens is 1. The average Bonchev–Trinajstić information content (AvgIpc) is 2.87. The third-order valence-corrected chi connectivity index (χ3v) is 3.57. The lowest BCUT2D eigenvalue weighted by atomic mass is 10.2. The zero-order valence-corrected chi connectivity index (χ0v) is 11.6. The van der Waals surface area contributed by atoms with Crippen molar-refractivity contribution in [1.82, 2.24) is 15.0 Å². The van der Waals surface area contributed by atoms with Crippen LogP contribution < -0.4 is 5.32 Å². The molecule has 0 amide bonds. The van der Waals surface area contributed by atoms with Gasteiger partial charge in [-0.1, -0.05) is 30.3 Å². The van der Waals surface area contributed by atoms with Gasteiger partial charge in [0.15, 0.2) is 5.82 Å². The molecule has 4 aromatic rings. The SMILES string of the molecule is Cc1cccc(Nc2ncnc3c2[nH]c2ccccc23)c1. The number of rotatable bonds is 2. The first-order valence-corrected chi connectivity index (χ1v) is 6.86. The Balaban J connectivity index is 1.89. The Bertz CT molecular complexity index is 940. The summed E-state index contributed by atoms with van der Waals surface area (Å²) in [5, 5.41) is 4.48. The maximum Gasteiger partial charge on any atom is 0.158 e. The third-order valence-electron chi connectivity index (χ3n) is 3.57. The van der Waals surface area contributed by atoms with Crippen LogP contribution in [0.1, 0.15) is 5.56 Å². The Hall–Kier alpha value is -2.88. The monoisotopic (exact) mass is 274 g/mol. The number of anilines is 2. The minimum Gasteiger partial charge on any atom is -0.350 e. The second kappa shape index (κ2) is 4.59. The first-order chi connectivity index (χ1) is 10.3. The van der Waals surface area contributed by atoms with Gasteiger partial charge in [-0.15, -0.1) is 0 Å². The molecule has 0 aliphatic heterocycles. The third kappa shape index (κ3) is 2.01. The van der Waals surface area contributed by atoms with Crippen LogP contribution in [0.4, 0.5) is 11.5 Å². The lowest BCUT2D eigenvalue weighted by Crippen LogP contribution is -1.95. The Morgan fingerprint density at radius 3 is 2.81 bits per heavy atom. The molecule has 2 N–H and O–H groups in total. The Morgan fingerprint density at radius 2 is 1.90 bits per heavy atom. The minimum atomic E-state index is 0.793. The predicted molar refractivity (Wildman–Crippen MR) is 85.9 cm³/mol. The molecule has 2 heterocycles. The maximum absolute atomic E-state index is 4.41. The van der Waals surface area contributed by atoms with E-state index in [4.69, 9.17) is 0 Å². The van der Waals surface area contributed by atoms with Crippen molar-refractivity contribution in [2.45, 2.75) is 6.92 Å². The molecule has 0 unspecified atom stereocenters. The molecule has 0 aliphatic rings. The number of hydrogen-bond acceptors (Lipinski definition) is 3. The molecule has 0 saturated heterocycles. The van der Waals surface area contributed by atoms with Crippen LogP contribution in [-0.4, -0.2) is 15.0 Å². The van der Waals surface area contributed by atoms with Gasteiger partial charge in [-0.05, 0) is 30.7 Å². The first kappa shape index (κ1) is 11.9. The van der Waals surface area contributed by atoms with E-state index in [9.17, 15) is 0 Å². The fraction of sp³-hybridized carbons (Fsp3) is 0.0588. The standard InChI is InChI=1S/C17H14N4/c1-11-5-4-6-12(9-11)20-17-16-15(18-10-19-17)13-7-2-3-8-14(13)21-16/h2-10,21H,1H3,(H,18,19,20). The van der Waals surface area contributed by atoms with Gasteiger partial charge in [-0.25, -0.2) is 9.97 Å². The topological polar surface area (TPSA) is 53.6 Å². The lowest BCUT2D eigenvalue weighted by molar-refractivity contribution is 1.21. The highest BCUT2D eigenvalue weighted by Crippen LogP contribution is 2.28. The normalized spacial score (nSPS) is 11.1. The summed E-state index contributed by atoms with van der Waals surface area (Å²) in [5.41, 5.74) is 5.17. The zero-order chi connectivity index (χ0) is 14.2. The van der Waals surface area contributed by atoms with E-state index in [1.165, 1.54) is 5.56 Å². The van der Waals surface area contributed by atoms with Crippen LogP contribution in [0.3, 0.4) is 0 Å². The van der Waals surface area contributed by atoms with Crippen molar-refractivity contribution in [3.8, 4) is 0 Å². The molecule has 0 radical (unpaired) electrons. The van der Waals surface area contributed by atoms with Gasteiger partial charge in [0.2, 0.25) is 0 Å². The summed E-state index contributed by atoms with van der Waals surface area (Å²) < 4.78 is 0. The van der Waals surface area contributed by atoms with Crippen LogP contribution in [0.15, 0.2) is 54.9 Å². The Kier molecular flexibility index (Phi) is 2.60. The van der Waals surface area contributed by atoms with Crippen molar-refractivity contribution in [3.63, 3.8) is 0 Å². The van der Waals surface area contributed by atoms with Crippen molar-refractivity contribution < 1.29 is 0 Å². The van der Waals surface area contributed by atoms with E-state index in [0.29, 0.717) is 0 Å². The molecule has 0 fully saturated rings. The van der Waals surface area contributed by atoms with Crippen molar-refractivity contribution in [2.75, 3.05) is 5.32 Å². The molecule has 4 heteroatoms. The molecular weight excluding hydrogens is 260 g/mol. The highest BCUT2D eigenvalue weighted by molar-refractivity contribution is 6.08. The lowest BCUT2D eigenvalue weighted by Gasteiger charge is -2.06. The molecular formula is C17H14N4. The van der Waals surface area contributed by atoms with Crippen LogP contribution in [0.25, 0.3) is 21.9 Å². The number of aryl methyl sites for hydroxylation is 1. The number of benzene rings is 2. The average molecular weight is 274 g/mol. The van der Waals surface area contributed by atoms with Gasteiger partial charge in [-0.2, -0.15) is 0 Å². The van der Waals surface area contributed by atoms with Crippen molar-refractivity contribution in [3.05, 3.63) is 60.4 Å². The highest BCUT2D eigenvalue weighted by atomic mass is 15.0. The molecule has 0 bridgehead atoms. The van der Waals surface area contributed by atoms with Gasteiger partial charge in [0, 0.05) is 16.6 Å². The molecule has 0 spiro atoms. The molecule has 0 saturated carbocycles. The first-order valence-electron chi connectivity index (χ1n) is 6.86. The molecule has 0 aliphatic carbocycles. The summed E-state index contributed by atoms with van der Waals surface area (Å²) >= 11 is 0. The molecule has 21 heavy (non-hydrogen) atoms. The summed E-state index contributed by atoms with van der Waals surface area (Å²) in [6.07, 6.45) is 1.60. The summed E-state index contributed by atoms with van der Waals surface area (Å²) in [6, 6.07) is 16.4. The van der Waals surface area contributed by atoms with E-state index in [0.717, 1.165) is 33.4 Å². The largest absolute Gasteiger partial charge is 0.350 e. The van der Waals surface area contributed by atoms with Gasteiger partial charge < -0.3 is 10.3 Å². The van der Waals surface area contributed by atoms with Crippen LogP contribution in [-0.2, 0) is 0 Å². The van der Waals surface area contributed by atoms with Crippen LogP contribution in [0.2, 0.25) is 0 Å². The van der Waals surface area contributed by atoms with E-state index in [-0.39, 0.29) is 0 Å². The summed E-state index contributed by atoms with van der Waals surface area (Å²) in [4.78, 5) is 12.2. The van der Waals surface area contributed by atoms with Gasteiger partial charge >= 0.3 is 0 Å². The number of nitrogens with one attached hydrogen (secondary N) is 2. The van der Waals surface area contributed by atoms with E-state index < -0.39 is 0 Å². The number of para-hydroxylation sites is 1. The predicted octanol–water partition coefficient (Wildman–Crippen LogP) is 4.16.